The van der Waals surface area contributed by atoms with E-state index in [9.17, 15) is 4.79 Å². The van der Waals surface area contributed by atoms with E-state index in [-0.39, 0.29) is 17.9 Å². The van der Waals surface area contributed by atoms with Crippen LogP contribution in [0.3, 0.4) is 0 Å². The second-order valence-electron chi connectivity index (χ2n) is 6.82. The average Bonchev–Trinajstić information content (AvgIpc) is 2.89. The summed E-state index contributed by atoms with van der Waals surface area (Å²) in [6.07, 6.45) is 0. The maximum absolute atomic E-state index is 12.3. The van der Waals surface area contributed by atoms with Crippen molar-refractivity contribution < 1.29 is 14.3 Å². The van der Waals surface area contributed by atoms with Crippen molar-refractivity contribution in [3.8, 4) is 11.5 Å². The summed E-state index contributed by atoms with van der Waals surface area (Å²) in [5.74, 6) is 1.32. The Hall–Kier alpha value is -2.50. The van der Waals surface area contributed by atoms with E-state index >= 15 is 0 Å². The number of rotatable bonds is 7. The molecule has 0 fully saturated rings. The summed E-state index contributed by atoms with van der Waals surface area (Å²) in [4.78, 5) is 12.3. The van der Waals surface area contributed by atoms with E-state index in [1.54, 1.807) is 18.9 Å². The normalized spacial score (nSPS) is 11.3. The first kappa shape index (κ1) is 18.8. The first-order valence-electron chi connectivity index (χ1n) is 8.27. The third kappa shape index (κ3) is 4.53. The second-order valence-corrected chi connectivity index (χ2v) is 6.82. The minimum Gasteiger partial charge on any atom is -0.493 e. The van der Waals surface area contributed by atoms with Gasteiger partial charge in [-0.3, -0.25) is 9.48 Å². The van der Waals surface area contributed by atoms with E-state index in [4.69, 9.17) is 9.47 Å². The molecule has 1 aromatic heterocycles. The molecule has 0 aliphatic carbocycles. The zero-order valence-corrected chi connectivity index (χ0v) is 15.8. The summed E-state index contributed by atoms with van der Waals surface area (Å²) in [6.45, 7) is 8.76. The molecule has 2 aromatic rings. The number of carbonyl (C=O) groups is 1. The highest BCUT2D eigenvalue weighted by molar-refractivity contribution is 5.75. The molecule has 0 aliphatic rings. The number of benzene rings is 1. The van der Waals surface area contributed by atoms with Gasteiger partial charge >= 0.3 is 0 Å². The number of nitrogens with one attached hydrogen (secondary N) is 1. The summed E-state index contributed by atoms with van der Waals surface area (Å²) in [5, 5.41) is 7.32. The third-order valence-corrected chi connectivity index (χ3v) is 4.29. The number of ether oxygens (including phenoxy) is 2. The molecule has 0 saturated carbocycles. The SMILES string of the molecule is COc1ccc(C(C)(C)CNC(=O)Cn2nc(C)cc2C)cc1OC. The first-order chi connectivity index (χ1) is 11.8. The minimum atomic E-state index is -0.246. The molecule has 0 saturated heterocycles. The Kier molecular flexibility index (Phi) is 5.72. The first-order valence-corrected chi connectivity index (χ1v) is 8.27. The van der Waals surface area contributed by atoms with E-state index in [1.165, 1.54) is 0 Å². The fourth-order valence-electron chi connectivity index (χ4n) is 2.71. The molecule has 0 atom stereocenters. The number of aromatic nitrogens is 2. The van der Waals surface area contributed by atoms with Gasteiger partial charge in [-0.15, -0.1) is 0 Å². The van der Waals surface area contributed by atoms with Crippen LogP contribution in [0.2, 0.25) is 0 Å². The molecule has 1 aromatic carbocycles. The highest BCUT2D eigenvalue weighted by Gasteiger charge is 2.23. The van der Waals surface area contributed by atoms with Crippen molar-refractivity contribution in [2.24, 2.45) is 0 Å². The monoisotopic (exact) mass is 345 g/mol. The van der Waals surface area contributed by atoms with Gasteiger partial charge in [0, 0.05) is 17.7 Å². The van der Waals surface area contributed by atoms with Gasteiger partial charge in [0.25, 0.3) is 0 Å². The van der Waals surface area contributed by atoms with Crippen LogP contribution in [0.4, 0.5) is 0 Å². The Morgan fingerprint density at radius 3 is 2.40 bits per heavy atom. The van der Waals surface area contributed by atoms with Crippen molar-refractivity contribution in [3.63, 3.8) is 0 Å². The Morgan fingerprint density at radius 2 is 1.84 bits per heavy atom. The number of hydrogen-bond donors (Lipinski definition) is 1. The molecule has 25 heavy (non-hydrogen) atoms. The van der Waals surface area contributed by atoms with Gasteiger partial charge in [-0.1, -0.05) is 19.9 Å². The average molecular weight is 345 g/mol. The van der Waals surface area contributed by atoms with E-state index in [0.717, 1.165) is 17.0 Å². The molecule has 6 heteroatoms. The smallest absolute Gasteiger partial charge is 0.241 e. The molecule has 0 aliphatic heterocycles. The lowest BCUT2D eigenvalue weighted by Gasteiger charge is -2.26. The summed E-state index contributed by atoms with van der Waals surface area (Å²) >= 11 is 0. The molecular formula is C19H27N3O3. The number of amides is 1. The number of aryl methyl sites for hydroxylation is 2. The van der Waals surface area contributed by atoms with Crippen molar-refractivity contribution in [2.45, 2.75) is 39.7 Å². The number of carbonyl (C=O) groups excluding carboxylic acids is 1. The van der Waals surface area contributed by atoms with Crippen LogP contribution in [-0.2, 0) is 16.8 Å². The number of hydrogen-bond acceptors (Lipinski definition) is 4. The summed E-state index contributed by atoms with van der Waals surface area (Å²) < 4.78 is 12.4. The van der Waals surface area contributed by atoms with Crippen LogP contribution in [0, 0.1) is 13.8 Å². The van der Waals surface area contributed by atoms with Crippen molar-refractivity contribution in [1.29, 1.82) is 0 Å². The van der Waals surface area contributed by atoms with Gasteiger partial charge in [0.2, 0.25) is 5.91 Å². The summed E-state index contributed by atoms with van der Waals surface area (Å²) in [5.41, 5.74) is 2.71. The van der Waals surface area contributed by atoms with Crippen molar-refractivity contribution >= 4 is 5.91 Å². The van der Waals surface area contributed by atoms with Crippen LogP contribution in [0.15, 0.2) is 24.3 Å². The van der Waals surface area contributed by atoms with E-state index < -0.39 is 0 Å². The van der Waals surface area contributed by atoms with Crippen LogP contribution in [0.5, 0.6) is 11.5 Å². The Morgan fingerprint density at radius 1 is 1.16 bits per heavy atom. The van der Waals surface area contributed by atoms with Crippen molar-refractivity contribution in [2.75, 3.05) is 20.8 Å². The Bertz CT molecular complexity index is 750. The predicted molar refractivity (Wildman–Crippen MR) is 97.3 cm³/mol. The van der Waals surface area contributed by atoms with Gasteiger partial charge in [0.05, 0.1) is 19.9 Å². The predicted octanol–water partition coefficient (Wildman–Crippen LogP) is 2.61. The van der Waals surface area contributed by atoms with Gasteiger partial charge in [0.15, 0.2) is 11.5 Å². The molecule has 0 radical (unpaired) electrons. The second kappa shape index (κ2) is 7.59. The highest BCUT2D eigenvalue weighted by Crippen LogP contribution is 2.32. The topological polar surface area (TPSA) is 65.4 Å². The molecule has 0 unspecified atom stereocenters. The molecule has 1 amide bonds. The van der Waals surface area contributed by atoms with E-state index in [0.29, 0.717) is 18.0 Å². The zero-order chi connectivity index (χ0) is 18.6. The maximum atomic E-state index is 12.3. The summed E-state index contributed by atoms with van der Waals surface area (Å²) in [6, 6.07) is 7.79. The molecule has 136 valence electrons. The molecule has 0 bridgehead atoms. The fourth-order valence-corrected chi connectivity index (χ4v) is 2.71. The lowest BCUT2D eigenvalue weighted by molar-refractivity contribution is -0.122. The molecular weight excluding hydrogens is 318 g/mol. The number of nitrogens with zero attached hydrogens (tertiary/aromatic N) is 2. The maximum Gasteiger partial charge on any atom is 0.241 e. The quantitative estimate of drug-likeness (QED) is 0.838. The molecule has 0 spiro atoms. The minimum absolute atomic E-state index is 0.0558. The van der Waals surface area contributed by atoms with Crippen LogP contribution in [0.1, 0.15) is 30.8 Å². The number of methoxy groups -OCH3 is 2. The largest absolute Gasteiger partial charge is 0.493 e. The van der Waals surface area contributed by atoms with Crippen LogP contribution < -0.4 is 14.8 Å². The third-order valence-electron chi connectivity index (χ3n) is 4.29. The standard InChI is InChI=1S/C19H27N3O3/c1-13-9-14(2)22(21-13)11-18(23)20-12-19(3,4)15-7-8-16(24-5)17(10-15)25-6/h7-10H,11-12H2,1-6H3,(H,20,23). The van der Waals surface area contributed by atoms with Crippen molar-refractivity contribution in [3.05, 3.63) is 41.2 Å². The Labute approximate surface area is 149 Å². The van der Waals surface area contributed by atoms with Crippen LogP contribution in [-0.4, -0.2) is 36.5 Å². The molecule has 1 N–H and O–H groups in total. The molecule has 1 heterocycles. The highest BCUT2D eigenvalue weighted by atomic mass is 16.5. The molecule has 2 rings (SSSR count). The van der Waals surface area contributed by atoms with Crippen LogP contribution >= 0.6 is 0 Å². The fraction of sp³-hybridized carbons (Fsp3) is 0.474. The van der Waals surface area contributed by atoms with Gasteiger partial charge < -0.3 is 14.8 Å². The zero-order valence-electron chi connectivity index (χ0n) is 15.8. The molecule has 6 nitrogen and oxygen atoms in total. The van der Waals surface area contributed by atoms with Gasteiger partial charge in [0.1, 0.15) is 6.54 Å². The van der Waals surface area contributed by atoms with Crippen molar-refractivity contribution in [1.82, 2.24) is 15.1 Å². The summed E-state index contributed by atoms with van der Waals surface area (Å²) in [7, 11) is 3.23. The van der Waals surface area contributed by atoms with Gasteiger partial charge in [-0.25, -0.2) is 0 Å². The lowest BCUT2D eigenvalue weighted by atomic mass is 9.84. The van der Waals surface area contributed by atoms with E-state index in [1.807, 2.05) is 38.1 Å². The van der Waals surface area contributed by atoms with E-state index in [2.05, 4.69) is 24.3 Å². The van der Waals surface area contributed by atoms with Gasteiger partial charge in [-0.2, -0.15) is 5.10 Å². The Balaban J connectivity index is 2.03. The van der Waals surface area contributed by atoms with Gasteiger partial charge in [-0.05, 0) is 37.6 Å². The van der Waals surface area contributed by atoms with Crippen LogP contribution in [0.25, 0.3) is 0 Å². The lowest BCUT2D eigenvalue weighted by Crippen LogP contribution is -2.38.